The van der Waals surface area contributed by atoms with E-state index in [0.717, 1.165) is 43.7 Å². The molecule has 1 aliphatic heterocycles. The number of nitrogens with one attached hydrogen (secondary N) is 2. The molecule has 6 heteroatoms. The summed E-state index contributed by atoms with van der Waals surface area (Å²) in [5.41, 5.74) is 1.63. The van der Waals surface area contributed by atoms with Crippen LogP contribution in [0.1, 0.15) is 31.7 Å². The lowest BCUT2D eigenvalue weighted by atomic mass is 9.98. The Morgan fingerprint density at radius 3 is 2.96 bits per heavy atom. The van der Waals surface area contributed by atoms with Gasteiger partial charge in [0.1, 0.15) is 5.92 Å². The molecule has 1 amide bonds. The lowest BCUT2D eigenvalue weighted by Gasteiger charge is -2.28. The summed E-state index contributed by atoms with van der Waals surface area (Å²) in [6.07, 6.45) is 2.31. The monoisotopic (exact) mass is 353 g/mol. The summed E-state index contributed by atoms with van der Waals surface area (Å²) in [5.74, 6) is -0.160. The number of hydrogen-bond donors (Lipinski definition) is 2. The number of likely N-dealkylation sites (tertiary alicyclic amines) is 1. The van der Waals surface area contributed by atoms with Crippen LogP contribution in [0.5, 0.6) is 0 Å². The Bertz CT molecular complexity index is 592. The quantitative estimate of drug-likeness (QED) is 0.767. The predicted molar refractivity (Wildman–Crippen MR) is 94.4 cm³/mol. The highest BCUT2D eigenvalue weighted by Gasteiger charge is 2.29. The Hall–Kier alpha value is -1.59. The van der Waals surface area contributed by atoms with Crippen molar-refractivity contribution < 1.29 is 19.2 Å². The van der Waals surface area contributed by atoms with Crippen LogP contribution in [0.4, 0.5) is 5.69 Å². The maximum Gasteiger partial charge on any atom is 0.314 e. The van der Waals surface area contributed by atoms with Crippen molar-refractivity contribution in [3.05, 3.63) is 28.8 Å². The summed E-state index contributed by atoms with van der Waals surface area (Å²) in [6.45, 7) is 6.61. The third-order valence-electron chi connectivity index (χ3n) is 4.49. The second-order valence-electron chi connectivity index (χ2n) is 6.26. The fourth-order valence-electron chi connectivity index (χ4n) is 3.09. The van der Waals surface area contributed by atoms with Crippen molar-refractivity contribution in [2.24, 2.45) is 5.92 Å². The molecule has 0 bridgehead atoms. The number of benzene rings is 1. The van der Waals surface area contributed by atoms with Gasteiger partial charge in [0.15, 0.2) is 0 Å². The van der Waals surface area contributed by atoms with E-state index in [1.54, 1.807) is 6.07 Å². The maximum absolute atomic E-state index is 12.2. The van der Waals surface area contributed by atoms with Crippen molar-refractivity contribution in [3.8, 4) is 0 Å². The number of quaternary nitrogens is 1. The zero-order valence-electron chi connectivity index (χ0n) is 14.4. The Morgan fingerprint density at radius 2 is 2.21 bits per heavy atom. The van der Waals surface area contributed by atoms with Crippen LogP contribution < -0.4 is 10.2 Å². The van der Waals surface area contributed by atoms with Gasteiger partial charge in [0, 0.05) is 10.7 Å². The molecule has 5 nitrogen and oxygen atoms in total. The standard InChI is InChI=1S/C18H25ClN2O3/c1-3-24-18(23)14-6-5-10-21(12-14)11-9-17(22)20-16-8-4-7-15(19)13(16)2/h4,7-8,14H,3,5-6,9-12H2,1-2H3,(H,20,22)/p+1/t14-/m1/s1. The second kappa shape index (κ2) is 9.04. The van der Waals surface area contributed by atoms with Crippen molar-refractivity contribution in [3.63, 3.8) is 0 Å². The lowest BCUT2D eigenvalue weighted by molar-refractivity contribution is -0.906. The van der Waals surface area contributed by atoms with Gasteiger partial charge in [-0.25, -0.2) is 0 Å². The zero-order chi connectivity index (χ0) is 17.5. The van der Waals surface area contributed by atoms with E-state index in [2.05, 4.69) is 5.32 Å². The molecule has 1 saturated heterocycles. The SMILES string of the molecule is CCOC(=O)[C@@H]1CCC[NH+](CCC(=O)Nc2cccc(Cl)c2C)C1. The van der Waals surface area contributed by atoms with Gasteiger partial charge in [-0.1, -0.05) is 17.7 Å². The Labute approximate surface area is 148 Å². The fourth-order valence-corrected chi connectivity index (χ4v) is 3.26. The minimum absolute atomic E-state index is 0.0221. The molecule has 0 saturated carbocycles. The number of anilines is 1. The molecular formula is C18H26ClN2O3+. The molecule has 1 aromatic carbocycles. The van der Waals surface area contributed by atoms with Crippen LogP contribution >= 0.6 is 11.6 Å². The fraction of sp³-hybridized carbons (Fsp3) is 0.556. The summed E-state index contributed by atoms with van der Waals surface area (Å²) in [4.78, 5) is 25.3. The van der Waals surface area contributed by atoms with Gasteiger partial charge in [-0.2, -0.15) is 0 Å². The molecule has 132 valence electrons. The first-order valence-electron chi connectivity index (χ1n) is 8.56. The molecule has 2 rings (SSSR count). The van der Waals surface area contributed by atoms with Gasteiger partial charge in [0.05, 0.1) is 32.7 Å². The van der Waals surface area contributed by atoms with Crippen molar-refractivity contribution >= 4 is 29.2 Å². The molecule has 2 N–H and O–H groups in total. The van der Waals surface area contributed by atoms with E-state index in [1.807, 2.05) is 26.0 Å². The van der Waals surface area contributed by atoms with Gasteiger partial charge in [-0.3, -0.25) is 9.59 Å². The predicted octanol–water partition coefficient (Wildman–Crippen LogP) is 1.84. The molecule has 1 aromatic rings. The first-order chi connectivity index (χ1) is 11.5. The Morgan fingerprint density at radius 1 is 1.42 bits per heavy atom. The highest BCUT2D eigenvalue weighted by atomic mass is 35.5. The van der Waals surface area contributed by atoms with Gasteiger partial charge in [0.2, 0.25) is 5.91 Å². The summed E-state index contributed by atoms with van der Waals surface area (Å²) < 4.78 is 5.11. The van der Waals surface area contributed by atoms with E-state index in [0.29, 0.717) is 18.1 Å². The minimum atomic E-state index is -0.103. The number of piperidine rings is 1. The van der Waals surface area contributed by atoms with E-state index < -0.39 is 0 Å². The molecule has 1 aliphatic rings. The van der Waals surface area contributed by atoms with E-state index in [-0.39, 0.29) is 17.8 Å². The summed E-state index contributed by atoms with van der Waals surface area (Å²) >= 11 is 6.07. The second-order valence-corrected chi connectivity index (χ2v) is 6.66. The molecule has 0 aliphatic carbocycles. The van der Waals surface area contributed by atoms with Crippen LogP contribution in [0.25, 0.3) is 0 Å². The summed E-state index contributed by atoms with van der Waals surface area (Å²) in [7, 11) is 0. The summed E-state index contributed by atoms with van der Waals surface area (Å²) in [5, 5.41) is 3.56. The number of halogens is 1. The first-order valence-corrected chi connectivity index (χ1v) is 8.94. The molecule has 24 heavy (non-hydrogen) atoms. The largest absolute Gasteiger partial charge is 0.466 e. The van der Waals surface area contributed by atoms with Crippen LogP contribution in [-0.2, 0) is 14.3 Å². The number of hydrogen-bond acceptors (Lipinski definition) is 3. The topological polar surface area (TPSA) is 59.8 Å². The normalized spacial score (nSPS) is 20.5. The number of ether oxygens (including phenoxy) is 1. The third-order valence-corrected chi connectivity index (χ3v) is 4.89. The lowest BCUT2D eigenvalue weighted by Crippen LogP contribution is -3.13. The third kappa shape index (κ3) is 5.21. The highest BCUT2D eigenvalue weighted by molar-refractivity contribution is 6.31. The number of esters is 1. The molecule has 1 heterocycles. The maximum atomic E-state index is 12.2. The number of amides is 1. The van der Waals surface area contributed by atoms with Crippen LogP contribution in [-0.4, -0.2) is 38.1 Å². The molecule has 0 spiro atoms. The van der Waals surface area contributed by atoms with E-state index in [4.69, 9.17) is 16.3 Å². The molecule has 0 radical (unpaired) electrons. The minimum Gasteiger partial charge on any atom is -0.466 e. The van der Waals surface area contributed by atoms with E-state index in [1.165, 1.54) is 4.90 Å². The van der Waals surface area contributed by atoms with Crippen molar-refractivity contribution in [2.45, 2.75) is 33.1 Å². The number of carbonyl (C=O) groups excluding carboxylic acids is 2. The summed E-state index contributed by atoms with van der Waals surface area (Å²) in [6, 6.07) is 5.48. The number of rotatable bonds is 6. The van der Waals surface area contributed by atoms with Gasteiger partial charge >= 0.3 is 5.97 Å². The Kier molecular flexibility index (Phi) is 7.06. The number of carbonyl (C=O) groups is 2. The van der Waals surface area contributed by atoms with Crippen LogP contribution in [0, 0.1) is 12.8 Å². The van der Waals surface area contributed by atoms with Gasteiger partial charge < -0.3 is 15.0 Å². The van der Waals surface area contributed by atoms with Crippen LogP contribution in [0.3, 0.4) is 0 Å². The molecule has 1 fully saturated rings. The first kappa shape index (κ1) is 18.7. The smallest absolute Gasteiger partial charge is 0.314 e. The van der Waals surface area contributed by atoms with E-state index >= 15 is 0 Å². The molecule has 1 unspecified atom stereocenters. The van der Waals surface area contributed by atoms with Crippen molar-refractivity contribution in [1.82, 2.24) is 0 Å². The van der Waals surface area contributed by atoms with E-state index in [9.17, 15) is 9.59 Å². The van der Waals surface area contributed by atoms with Gasteiger partial charge in [-0.05, 0) is 44.4 Å². The molecular weight excluding hydrogens is 328 g/mol. The molecule has 2 atom stereocenters. The molecule has 0 aromatic heterocycles. The van der Waals surface area contributed by atoms with Crippen LogP contribution in [0.15, 0.2) is 18.2 Å². The average Bonchev–Trinajstić information content (AvgIpc) is 2.58. The highest BCUT2D eigenvalue weighted by Crippen LogP contribution is 2.22. The van der Waals surface area contributed by atoms with Gasteiger partial charge in [-0.15, -0.1) is 0 Å². The van der Waals surface area contributed by atoms with Crippen molar-refractivity contribution in [1.29, 1.82) is 0 Å². The van der Waals surface area contributed by atoms with Crippen LogP contribution in [0.2, 0.25) is 5.02 Å². The Balaban J connectivity index is 1.81. The van der Waals surface area contributed by atoms with Crippen molar-refractivity contribution in [2.75, 3.05) is 31.6 Å². The van der Waals surface area contributed by atoms with Gasteiger partial charge in [0.25, 0.3) is 0 Å². The average molecular weight is 354 g/mol. The zero-order valence-corrected chi connectivity index (χ0v) is 15.1.